The van der Waals surface area contributed by atoms with Crippen LogP contribution in [0.25, 0.3) is 0 Å². The number of rotatable bonds is 3. The highest BCUT2D eigenvalue weighted by Crippen LogP contribution is 2.52. The lowest BCUT2D eigenvalue weighted by atomic mass is 9.94. The number of hydrogen-bond donors (Lipinski definition) is 1. The highest BCUT2D eigenvalue weighted by molar-refractivity contribution is 7.91. The van der Waals surface area contributed by atoms with E-state index in [-0.39, 0.29) is 11.5 Å². The van der Waals surface area contributed by atoms with Gasteiger partial charge in [0.1, 0.15) is 0 Å². The molecular weight excluding hydrogens is 198 g/mol. The van der Waals surface area contributed by atoms with Gasteiger partial charge in [0.05, 0.1) is 11.5 Å². The Morgan fingerprint density at radius 3 is 2.71 bits per heavy atom. The third kappa shape index (κ3) is 1.70. The highest BCUT2D eigenvalue weighted by Gasteiger charge is 2.57. The van der Waals surface area contributed by atoms with Gasteiger partial charge in [-0.05, 0) is 31.1 Å². The third-order valence-electron chi connectivity index (χ3n) is 3.83. The molecule has 2 aliphatic rings. The number of hydrogen-bond acceptors (Lipinski definition) is 3. The van der Waals surface area contributed by atoms with Crippen LogP contribution in [0.3, 0.4) is 0 Å². The molecule has 14 heavy (non-hydrogen) atoms. The van der Waals surface area contributed by atoms with Crippen LogP contribution in [0.15, 0.2) is 0 Å². The van der Waals surface area contributed by atoms with E-state index in [1.165, 1.54) is 0 Å². The van der Waals surface area contributed by atoms with Gasteiger partial charge in [0, 0.05) is 5.54 Å². The van der Waals surface area contributed by atoms with E-state index in [1.807, 2.05) is 0 Å². The summed E-state index contributed by atoms with van der Waals surface area (Å²) >= 11 is 0. The molecule has 0 bridgehead atoms. The summed E-state index contributed by atoms with van der Waals surface area (Å²) in [5.74, 6) is 1.52. The molecule has 3 unspecified atom stereocenters. The van der Waals surface area contributed by atoms with Crippen LogP contribution in [0.1, 0.15) is 32.6 Å². The lowest BCUT2D eigenvalue weighted by Crippen LogP contribution is -2.35. The summed E-state index contributed by atoms with van der Waals surface area (Å²) < 4.78 is 22.6. The van der Waals surface area contributed by atoms with Gasteiger partial charge in [-0.1, -0.05) is 13.3 Å². The summed E-state index contributed by atoms with van der Waals surface area (Å²) in [5, 5.41) is 0. The van der Waals surface area contributed by atoms with Crippen LogP contribution in [0.5, 0.6) is 0 Å². The van der Waals surface area contributed by atoms with E-state index in [0.29, 0.717) is 17.4 Å². The van der Waals surface area contributed by atoms with Crippen LogP contribution in [0.4, 0.5) is 0 Å². The molecule has 3 atom stereocenters. The smallest absolute Gasteiger partial charge is 0.150 e. The molecule has 1 heterocycles. The van der Waals surface area contributed by atoms with Crippen LogP contribution in [0.2, 0.25) is 0 Å². The lowest BCUT2D eigenvalue weighted by molar-refractivity contribution is 0.404. The second kappa shape index (κ2) is 3.20. The zero-order chi connectivity index (χ0) is 10.4. The summed E-state index contributed by atoms with van der Waals surface area (Å²) in [6.45, 7) is 2.16. The summed E-state index contributed by atoms with van der Waals surface area (Å²) in [5.41, 5.74) is 6.11. The predicted molar refractivity (Wildman–Crippen MR) is 56.7 cm³/mol. The normalized spacial score (nSPS) is 45.3. The van der Waals surface area contributed by atoms with Crippen molar-refractivity contribution in [2.45, 2.75) is 38.1 Å². The maximum absolute atomic E-state index is 11.3. The maximum atomic E-state index is 11.3. The molecule has 82 valence electrons. The van der Waals surface area contributed by atoms with Gasteiger partial charge in [0.25, 0.3) is 0 Å². The molecule has 1 aliphatic heterocycles. The molecule has 0 aromatic heterocycles. The number of nitrogens with two attached hydrogens (primary N) is 1. The molecule has 1 aliphatic carbocycles. The molecule has 0 radical (unpaired) electrons. The van der Waals surface area contributed by atoms with E-state index >= 15 is 0 Å². The first-order valence-electron chi connectivity index (χ1n) is 5.47. The fraction of sp³-hybridized carbons (Fsp3) is 1.00. The minimum atomic E-state index is -2.76. The minimum Gasteiger partial charge on any atom is -0.325 e. The van der Waals surface area contributed by atoms with Crippen molar-refractivity contribution in [3.05, 3.63) is 0 Å². The van der Waals surface area contributed by atoms with E-state index in [0.717, 1.165) is 25.7 Å². The molecule has 2 rings (SSSR count). The lowest BCUT2D eigenvalue weighted by Gasteiger charge is -2.18. The third-order valence-corrected chi connectivity index (χ3v) is 5.60. The van der Waals surface area contributed by atoms with E-state index in [4.69, 9.17) is 5.73 Å². The monoisotopic (exact) mass is 217 g/mol. The van der Waals surface area contributed by atoms with Crippen molar-refractivity contribution >= 4 is 9.84 Å². The van der Waals surface area contributed by atoms with Crippen molar-refractivity contribution in [1.82, 2.24) is 0 Å². The molecule has 2 fully saturated rings. The number of sulfone groups is 1. The zero-order valence-corrected chi connectivity index (χ0v) is 9.52. The Morgan fingerprint density at radius 1 is 1.50 bits per heavy atom. The van der Waals surface area contributed by atoms with Crippen molar-refractivity contribution < 1.29 is 8.42 Å². The van der Waals surface area contributed by atoms with Gasteiger partial charge in [-0.3, -0.25) is 0 Å². The van der Waals surface area contributed by atoms with E-state index in [2.05, 4.69) is 6.92 Å². The molecule has 2 N–H and O–H groups in total. The van der Waals surface area contributed by atoms with Gasteiger partial charge < -0.3 is 5.73 Å². The standard InChI is InChI=1S/C10H19NO2S/c1-2-3-8-6-10(8,11)9-4-5-14(12,13)7-9/h8-9H,2-7,11H2,1H3. The van der Waals surface area contributed by atoms with Gasteiger partial charge in [-0.2, -0.15) is 0 Å². The SMILES string of the molecule is CCCC1CC1(N)C1CCS(=O)(=O)C1. The first kappa shape index (κ1) is 10.4. The van der Waals surface area contributed by atoms with Gasteiger partial charge in [-0.15, -0.1) is 0 Å². The summed E-state index contributed by atoms with van der Waals surface area (Å²) in [7, 11) is -2.76. The second-order valence-corrected chi connectivity index (χ2v) is 7.13. The van der Waals surface area contributed by atoms with E-state index in [9.17, 15) is 8.42 Å². The topological polar surface area (TPSA) is 60.2 Å². The maximum Gasteiger partial charge on any atom is 0.150 e. The average molecular weight is 217 g/mol. The summed E-state index contributed by atoms with van der Waals surface area (Å²) in [6, 6.07) is 0. The van der Waals surface area contributed by atoms with Crippen LogP contribution < -0.4 is 5.73 Å². The summed E-state index contributed by atoms with van der Waals surface area (Å²) in [4.78, 5) is 0. The van der Waals surface area contributed by atoms with Crippen molar-refractivity contribution in [3.63, 3.8) is 0 Å². The van der Waals surface area contributed by atoms with Crippen molar-refractivity contribution in [2.24, 2.45) is 17.6 Å². The van der Waals surface area contributed by atoms with Crippen molar-refractivity contribution in [3.8, 4) is 0 Å². The molecule has 0 aromatic carbocycles. The quantitative estimate of drug-likeness (QED) is 0.765. The molecule has 4 heteroatoms. The fourth-order valence-corrected chi connectivity index (χ4v) is 4.71. The molecule has 0 amide bonds. The van der Waals surface area contributed by atoms with Gasteiger partial charge in [0.2, 0.25) is 0 Å². The Bertz CT molecular complexity index is 325. The van der Waals surface area contributed by atoms with Crippen LogP contribution in [0, 0.1) is 11.8 Å². The minimum absolute atomic E-state index is 0.125. The Labute approximate surface area is 86.0 Å². The van der Waals surface area contributed by atoms with Crippen molar-refractivity contribution in [1.29, 1.82) is 0 Å². The van der Waals surface area contributed by atoms with Gasteiger partial charge in [-0.25, -0.2) is 8.42 Å². The van der Waals surface area contributed by atoms with Crippen LogP contribution in [-0.4, -0.2) is 25.5 Å². The Kier molecular flexibility index (Phi) is 2.39. The highest BCUT2D eigenvalue weighted by atomic mass is 32.2. The molecule has 0 spiro atoms. The second-order valence-electron chi connectivity index (χ2n) is 4.90. The molecule has 0 aromatic rings. The Morgan fingerprint density at radius 2 is 2.21 bits per heavy atom. The van der Waals surface area contributed by atoms with Gasteiger partial charge in [0.15, 0.2) is 9.84 Å². The molecular formula is C10H19NO2S. The van der Waals surface area contributed by atoms with E-state index < -0.39 is 9.84 Å². The molecule has 3 nitrogen and oxygen atoms in total. The average Bonchev–Trinajstić information content (AvgIpc) is 2.56. The zero-order valence-electron chi connectivity index (χ0n) is 8.70. The van der Waals surface area contributed by atoms with Gasteiger partial charge >= 0.3 is 0 Å². The molecule has 1 saturated carbocycles. The largest absolute Gasteiger partial charge is 0.325 e. The van der Waals surface area contributed by atoms with Crippen LogP contribution >= 0.6 is 0 Å². The Hall–Kier alpha value is -0.0900. The summed E-state index contributed by atoms with van der Waals surface area (Å²) in [6.07, 6.45) is 4.15. The Balaban J connectivity index is 1.99. The van der Waals surface area contributed by atoms with Crippen LogP contribution in [-0.2, 0) is 9.84 Å². The molecule has 1 saturated heterocycles. The first-order valence-corrected chi connectivity index (χ1v) is 7.29. The fourth-order valence-electron chi connectivity index (χ4n) is 2.81. The predicted octanol–water partition coefficient (Wildman–Crippen LogP) is 0.939. The van der Waals surface area contributed by atoms with Crippen molar-refractivity contribution in [2.75, 3.05) is 11.5 Å². The van der Waals surface area contributed by atoms with E-state index in [1.54, 1.807) is 0 Å². The first-order chi connectivity index (χ1) is 6.48.